The van der Waals surface area contributed by atoms with Gasteiger partial charge in [0.25, 0.3) is 0 Å². The molecular formula is C13H24N4O2. The molecule has 1 unspecified atom stereocenters. The van der Waals surface area contributed by atoms with E-state index in [4.69, 9.17) is 9.47 Å². The Morgan fingerprint density at radius 2 is 2.32 bits per heavy atom. The van der Waals surface area contributed by atoms with Crippen LogP contribution in [0.25, 0.3) is 0 Å². The van der Waals surface area contributed by atoms with Gasteiger partial charge in [0.15, 0.2) is 0 Å². The van der Waals surface area contributed by atoms with Gasteiger partial charge in [-0.1, -0.05) is 0 Å². The zero-order valence-electron chi connectivity index (χ0n) is 12.3. The van der Waals surface area contributed by atoms with Crippen molar-refractivity contribution in [3.63, 3.8) is 0 Å². The largest absolute Gasteiger partial charge is 0.382 e. The van der Waals surface area contributed by atoms with E-state index in [1.165, 1.54) is 0 Å². The van der Waals surface area contributed by atoms with Gasteiger partial charge in [0.2, 0.25) is 0 Å². The number of nitrogens with zero attached hydrogens (tertiary/aromatic N) is 4. The van der Waals surface area contributed by atoms with Gasteiger partial charge in [0, 0.05) is 26.7 Å². The molecule has 0 aliphatic carbocycles. The second-order valence-corrected chi connectivity index (χ2v) is 5.62. The minimum Gasteiger partial charge on any atom is -0.382 e. The summed E-state index contributed by atoms with van der Waals surface area (Å²) in [5.41, 5.74) is -0.154. The maximum Gasteiger partial charge on any atom is 0.140 e. The van der Waals surface area contributed by atoms with Gasteiger partial charge in [0.1, 0.15) is 12.2 Å². The third-order valence-electron chi connectivity index (χ3n) is 3.26. The second-order valence-electron chi connectivity index (χ2n) is 5.62. The summed E-state index contributed by atoms with van der Waals surface area (Å²) in [6.07, 6.45) is 1.74. The zero-order chi connectivity index (χ0) is 13.9. The van der Waals surface area contributed by atoms with E-state index in [9.17, 15) is 0 Å². The molecule has 0 aromatic carbocycles. The maximum atomic E-state index is 6.01. The molecule has 0 bridgehead atoms. The first-order chi connectivity index (χ1) is 9.04. The fourth-order valence-corrected chi connectivity index (χ4v) is 2.68. The standard InChI is InChI=1S/C13H24N4O2/c1-5-17-12(14-10-15-17)7-16-6-11(8-18-4)19-13(2,3)9-16/h10-11H,5-9H2,1-4H3. The highest BCUT2D eigenvalue weighted by Crippen LogP contribution is 2.22. The summed E-state index contributed by atoms with van der Waals surface area (Å²) in [5, 5.41) is 4.21. The molecule has 0 amide bonds. The van der Waals surface area contributed by atoms with Crippen LogP contribution >= 0.6 is 0 Å². The van der Waals surface area contributed by atoms with Crippen LogP contribution in [0.3, 0.4) is 0 Å². The molecule has 0 spiro atoms. The molecule has 0 N–H and O–H groups in total. The first kappa shape index (κ1) is 14.4. The summed E-state index contributed by atoms with van der Waals surface area (Å²) in [4.78, 5) is 6.70. The van der Waals surface area contributed by atoms with Gasteiger partial charge in [-0.2, -0.15) is 5.10 Å². The smallest absolute Gasteiger partial charge is 0.140 e. The van der Waals surface area contributed by atoms with Crippen LogP contribution in [0.15, 0.2) is 6.33 Å². The summed E-state index contributed by atoms with van der Waals surface area (Å²) in [7, 11) is 1.71. The predicted molar refractivity (Wildman–Crippen MR) is 71.8 cm³/mol. The number of rotatable bonds is 5. The van der Waals surface area contributed by atoms with Gasteiger partial charge < -0.3 is 9.47 Å². The fraction of sp³-hybridized carbons (Fsp3) is 0.846. The SMILES string of the molecule is CCn1ncnc1CN1CC(COC)OC(C)(C)C1. The van der Waals surface area contributed by atoms with E-state index in [1.54, 1.807) is 13.4 Å². The maximum absolute atomic E-state index is 6.01. The number of methoxy groups -OCH3 is 1. The van der Waals surface area contributed by atoms with Crippen molar-refractivity contribution < 1.29 is 9.47 Å². The van der Waals surface area contributed by atoms with Crippen molar-refractivity contribution in [2.75, 3.05) is 26.8 Å². The Morgan fingerprint density at radius 1 is 1.53 bits per heavy atom. The van der Waals surface area contributed by atoms with Gasteiger partial charge in [-0.25, -0.2) is 9.67 Å². The number of aryl methyl sites for hydroxylation is 1. The lowest BCUT2D eigenvalue weighted by Gasteiger charge is -2.42. The number of hydrogen-bond donors (Lipinski definition) is 0. The zero-order valence-corrected chi connectivity index (χ0v) is 12.3. The molecule has 0 saturated carbocycles. The Morgan fingerprint density at radius 3 is 3.00 bits per heavy atom. The van der Waals surface area contributed by atoms with Gasteiger partial charge in [-0.3, -0.25) is 4.90 Å². The van der Waals surface area contributed by atoms with Crippen molar-refractivity contribution in [1.82, 2.24) is 19.7 Å². The van der Waals surface area contributed by atoms with Gasteiger partial charge in [0.05, 0.1) is 24.9 Å². The number of hydrogen-bond acceptors (Lipinski definition) is 5. The van der Waals surface area contributed by atoms with Crippen molar-refractivity contribution in [2.24, 2.45) is 0 Å². The van der Waals surface area contributed by atoms with Crippen LogP contribution in [0.4, 0.5) is 0 Å². The molecule has 1 fully saturated rings. The van der Waals surface area contributed by atoms with Gasteiger partial charge in [-0.05, 0) is 20.8 Å². The average molecular weight is 268 g/mol. The van der Waals surface area contributed by atoms with E-state index in [1.807, 2.05) is 4.68 Å². The molecule has 108 valence electrons. The highest BCUT2D eigenvalue weighted by Gasteiger charge is 2.33. The Kier molecular flexibility index (Phi) is 4.54. The van der Waals surface area contributed by atoms with E-state index >= 15 is 0 Å². The molecule has 1 saturated heterocycles. The van der Waals surface area contributed by atoms with Crippen LogP contribution < -0.4 is 0 Å². The quantitative estimate of drug-likeness (QED) is 0.795. The highest BCUT2D eigenvalue weighted by molar-refractivity contribution is 4.90. The van der Waals surface area contributed by atoms with Crippen LogP contribution in [-0.2, 0) is 22.6 Å². The molecule has 1 aromatic heterocycles. The summed E-state index contributed by atoms with van der Waals surface area (Å²) in [6, 6.07) is 0. The van der Waals surface area contributed by atoms with E-state index in [0.29, 0.717) is 6.61 Å². The Hall–Kier alpha value is -0.980. The van der Waals surface area contributed by atoms with E-state index in [0.717, 1.165) is 32.0 Å². The first-order valence-electron chi connectivity index (χ1n) is 6.80. The van der Waals surface area contributed by atoms with E-state index in [-0.39, 0.29) is 11.7 Å². The van der Waals surface area contributed by atoms with E-state index < -0.39 is 0 Å². The van der Waals surface area contributed by atoms with Crippen LogP contribution in [0, 0.1) is 0 Å². The minimum atomic E-state index is -0.154. The summed E-state index contributed by atoms with van der Waals surface area (Å²) >= 11 is 0. The Balaban J connectivity index is 2.02. The molecule has 6 heteroatoms. The molecular weight excluding hydrogens is 244 g/mol. The van der Waals surface area contributed by atoms with Gasteiger partial charge >= 0.3 is 0 Å². The van der Waals surface area contributed by atoms with Crippen molar-refractivity contribution in [3.05, 3.63) is 12.2 Å². The number of morpholine rings is 1. The lowest BCUT2D eigenvalue weighted by atomic mass is 10.1. The van der Waals surface area contributed by atoms with Crippen molar-refractivity contribution >= 4 is 0 Å². The Labute approximate surface area is 114 Å². The number of ether oxygens (including phenoxy) is 2. The summed E-state index contributed by atoms with van der Waals surface area (Å²) in [6.45, 7) is 10.4. The van der Waals surface area contributed by atoms with Crippen molar-refractivity contribution in [2.45, 2.75) is 45.6 Å². The summed E-state index contributed by atoms with van der Waals surface area (Å²) in [5.74, 6) is 1.01. The third kappa shape index (κ3) is 3.75. The van der Waals surface area contributed by atoms with Crippen LogP contribution in [0.2, 0.25) is 0 Å². The van der Waals surface area contributed by atoms with Crippen molar-refractivity contribution in [3.8, 4) is 0 Å². The summed E-state index contributed by atoms with van der Waals surface area (Å²) < 4.78 is 13.2. The van der Waals surface area contributed by atoms with Gasteiger partial charge in [-0.15, -0.1) is 0 Å². The molecule has 2 rings (SSSR count). The highest BCUT2D eigenvalue weighted by atomic mass is 16.5. The lowest BCUT2D eigenvalue weighted by molar-refractivity contribution is -0.154. The average Bonchev–Trinajstić information content (AvgIpc) is 2.74. The Bertz CT molecular complexity index is 405. The minimum absolute atomic E-state index is 0.117. The molecule has 0 radical (unpaired) electrons. The molecule has 1 aliphatic heterocycles. The monoisotopic (exact) mass is 268 g/mol. The van der Waals surface area contributed by atoms with Crippen molar-refractivity contribution in [1.29, 1.82) is 0 Å². The van der Waals surface area contributed by atoms with E-state index in [2.05, 4.69) is 35.8 Å². The van der Waals surface area contributed by atoms with Crippen LogP contribution in [0.5, 0.6) is 0 Å². The molecule has 2 heterocycles. The molecule has 6 nitrogen and oxygen atoms in total. The predicted octanol–water partition coefficient (Wildman–Crippen LogP) is 0.924. The molecule has 1 atom stereocenters. The fourth-order valence-electron chi connectivity index (χ4n) is 2.68. The number of aromatic nitrogens is 3. The molecule has 19 heavy (non-hydrogen) atoms. The normalized spacial score (nSPS) is 23.7. The topological polar surface area (TPSA) is 52.4 Å². The second kappa shape index (κ2) is 5.98. The lowest BCUT2D eigenvalue weighted by Crippen LogP contribution is -2.53. The van der Waals surface area contributed by atoms with Crippen LogP contribution in [-0.4, -0.2) is 58.2 Å². The first-order valence-corrected chi connectivity index (χ1v) is 6.80. The molecule has 1 aromatic rings. The third-order valence-corrected chi connectivity index (χ3v) is 3.26. The molecule has 1 aliphatic rings. The van der Waals surface area contributed by atoms with Crippen LogP contribution in [0.1, 0.15) is 26.6 Å².